The molecule has 0 spiro atoms. The van der Waals surface area contributed by atoms with Gasteiger partial charge in [0.25, 0.3) is 0 Å². The van der Waals surface area contributed by atoms with E-state index in [1.165, 1.54) is 0 Å². The molecule has 1 aromatic carbocycles. The first-order valence-corrected chi connectivity index (χ1v) is 7.01. The second-order valence-corrected chi connectivity index (χ2v) is 5.38. The fourth-order valence-electron chi connectivity index (χ4n) is 2.65. The van der Waals surface area contributed by atoms with Gasteiger partial charge in [0, 0.05) is 30.1 Å². The molecule has 3 rings (SSSR count). The monoisotopic (exact) mass is 286 g/mol. The smallest absolute Gasteiger partial charge is 0.237 e. The number of aromatic nitrogens is 1. The molecule has 5 N–H and O–H groups in total. The van der Waals surface area contributed by atoms with Gasteiger partial charge in [-0.1, -0.05) is 18.2 Å². The van der Waals surface area contributed by atoms with Crippen LogP contribution in [0.25, 0.3) is 10.9 Å². The molecule has 21 heavy (non-hydrogen) atoms. The fourth-order valence-corrected chi connectivity index (χ4v) is 2.65. The lowest BCUT2D eigenvalue weighted by Crippen LogP contribution is -2.47. The zero-order valence-corrected chi connectivity index (χ0v) is 11.6. The summed E-state index contributed by atoms with van der Waals surface area (Å²) in [6.45, 7) is 0.477. The molecule has 0 bridgehead atoms. The van der Waals surface area contributed by atoms with Gasteiger partial charge in [0.15, 0.2) is 0 Å². The summed E-state index contributed by atoms with van der Waals surface area (Å²) in [5.41, 5.74) is 8.04. The third-order valence-corrected chi connectivity index (χ3v) is 3.78. The second-order valence-electron chi connectivity index (χ2n) is 5.38. The van der Waals surface area contributed by atoms with E-state index >= 15 is 0 Å². The van der Waals surface area contributed by atoms with Crippen LogP contribution in [0.1, 0.15) is 12.0 Å². The first-order chi connectivity index (χ1) is 10.1. The number of amides is 2. The van der Waals surface area contributed by atoms with Crippen LogP contribution in [0, 0.1) is 0 Å². The van der Waals surface area contributed by atoms with Crippen molar-refractivity contribution in [1.29, 1.82) is 0 Å². The van der Waals surface area contributed by atoms with E-state index in [4.69, 9.17) is 5.73 Å². The third-order valence-electron chi connectivity index (χ3n) is 3.78. The summed E-state index contributed by atoms with van der Waals surface area (Å²) in [5.74, 6) is -0.257. The normalized spacial score (nSPS) is 19.5. The maximum Gasteiger partial charge on any atom is 0.237 e. The first kappa shape index (κ1) is 13.6. The van der Waals surface area contributed by atoms with Crippen LogP contribution in [0.4, 0.5) is 0 Å². The van der Waals surface area contributed by atoms with Gasteiger partial charge < -0.3 is 21.4 Å². The van der Waals surface area contributed by atoms with Crippen LogP contribution in [0.3, 0.4) is 0 Å². The van der Waals surface area contributed by atoms with E-state index in [9.17, 15) is 9.59 Å². The molecule has 110 valence electrons. The number of hydrogen-bond donors (Lipinski definition) is 4. The van der Waals surface area contributed by atoms with Crippen molar-refractivity contribution in [2.45, 2.75) is 24.9 Å². The number of carbonyl (C=O) groups excluding carboxylic acids is 2. The molecule has 6 heteroatoms. The maximum absolute atomic E-state index is 12.1. The highest BCUT2D eigenvalue weighted by Gasteiger charge is 2.25. The van der Waals surface area contributed by atoms with Gasteiger partial charge in [0.05, 0.1) is 12.1 Å². The van der Waals surface area contributed by atoms with Crippen LogP contribution in [-0.4, -0.2) is 35.4 Å². The van der Waals surface area contributed by atoms with Crippen molar-refractivity contribution in [2.75, 3.05) is 6.54 Å². The topological polar surface area (TPSA) is 100 Å². The molecular formula is C15H18N4O2. The Kier molecular flexibility index (Phi) is 3.62. The Morgan fingerprint density at radius 1 is 1.43 bits per heavy atom. The van der Waals surface area contributed by atoms with Crippen molar-refractivity contribution in [3.63, 3.8) is 0 Å². The average Bonchev–Trinajstić information content (AvgIpc) is 3.06. The highest BCUT2D eigenvalue weighted by atomic mass is 16.2. The minimum atomic E-state index is -0.625. The van der Waals surface area contributed by atoms with Gasteiger partial charge in [0.2, 0.25) is 11.8 Å². The standard InChI is InChI=1S/C15H18N4O2/c16-12(15(21)19-10-6-14(20)18-8-10)5-9-7-17-13-4-2-1-3-11(9)13/h1-4,7,10,12,17H,5-6,8,16H2,(H,18,20)(H,19,21)/t10?,12-/m0/s1. The molecular weight excluding hydrogens is 268 g/mol. The Labute approximate surface area is 122 Å². The van der Waals surface area contributed by atoms with Gasteiger partial charge >= 0.3 is 0 Å². The number of para-hydroxylation sites is 1. The van der Waals surface area contributed by atoms with Crippen LogP contribution in [0.2, 0.25) is 0 Å². The minimum Gasteiger partial charge on any atom is -0.361 e. The summed E-state index contributed by atoms with van der Waals surface area (Å²) < 4.78 is 0. The van der Waals surface area contributed by atoms with E-state index in [0.29, 0.717) is 19.4 Å². The number of nitrogens with two attached hydrogens (primary N) is 1. The predicted octanol–water partition coefficient (Wildman–Crippen LogP) is 0.0424. The number of rotatable bonds is 4. The maximum atomic E-state index is 12.1. The van der Waals surface area contributed by atoms with Crippen LogP contribution in [-0.2, 0) is 16.0 Å². The highest BCUT2D eigenvalue weighted by molar-refractivity contribution is 5.87. The Hall–Kier alpha value is -2.34. The number of fused-ring (bicyclic) bond motifs is 1. The Morgan fingerprint density at radius 2 is 2.24 bits per heavy atom. The number of H-pyrrole nitrogens is 1. The van der Waals surface area contributed by atoms with E-state index in [2.05, 4.69) is 15.6 Å². The molecule has 2 aromatic rings. The fraction of sp³-hybridized carbons (Fsp3) is 0.333. The molecule has 1 aliphatic rings. The Balaban J connectivity index is 1.64. The Morgan fingerprint density at radius 3 is 3.00 bits per heavy atom. The van der Waals surface area contributed by atoms with Gasteiger partial charge in [-0.3, -0.25) is 9.59 Å². The molecule has 1 saturated heterocycles. The lowest BCUT2D eigenvalue weighted by Gasteiger charge is -2.15. The molecule has 2 atom stereocenters. The van der Waals surface area contributed by atoms with Crippen molar-refractivity contribution in [3.05, 3.63) is 36.0 Å². The first-order valence-electron chi connectivity index (χ1n) is 7.01. The van der Waals surface area contributed by atoms with E-state index in [1.807, 2.05) is 30.5 Å². The summed E-state index contributed by atoms with van der Waals surface area (Å²) in [6, 6.07) is 7.13. The second kappa shape index (κ2) is 5.57. The minimum absolute atomic E-state index is 0.0366. The van der Waals surface area contributed by atoms with Gasteiger partial charge in [-0.25, -0.2) is 0 Å². The molecule has 0 radical (unpaired) electrons. The molecule has 6 nitrogen and oxygen atoms in total. The molecule has 2 heterocycles. The van der Waals surface area contributed by atoms with Crippen molar-refractivity contribution < 1.29 is 9.59 Å². The van der Waals surface area contributed by atoms with Gasteiger partial charge in [-0.05, 0) is 18.1 Å². The molecule has 1 aliphatic heterocycles. The van der Waals surface area contributed by atoms with Gasteiger partial charge in [0.1, 0.15) is 0 Å². The Bertz CT molecular complexity index is 679. The van der Waals surface area contributed by atoms with Crippen LogP contribution >= 0.6 is 0 Å². The van der Waals surface area contributed by atoms with Gasteiger partial charge in [-0.15, -0.1) is 0 Å². The number of carbonyl (C=O) groups is 2. The average molecular weight is 286 g/mol. The van der Waals surface area contributed by atoms with Crippen LogP contribution < -0.4 is 16.4 Å². The van der Waals surface area contributed by atoms with Crippen molar-refractivity contribution >= 4 is 22.7 Å². The number of hydrogen-bond acceptors (Lipinski definition) is 3. The summed E-state index contributed by atoms with van der Waals surface area (Å²) in [5, 5.41) is 6.58. The predicted molar refractivity (Wildman–Crippen MR) is 79.5 cm³/mol. The zero-order valence-electron chi connectivity index (χ0n) is 11.6. The van der Waals surface area contributed by atoms with E-state index in [1.54, 1.807) is 0 Å². The zero-order chi connectivity index (χ0) is 14.8. The number of benzene rings is 1. The molecule has 2 amide bonds. The molecule has 0 aliphatic carbocycles. The lowest BCUT2D eigenvalue weighted by molar-refractivity contribution is -0.123. The summed E-state index contributed by atoms with van der Waals surface area (Å²) in [4.78, 5) is 26.4. The van der Waals surface area contributed by atoms with Crippen LogP contribution in [0.15, 0.2) is 30.5 Å². The molecule has 1 unspecified atom stereocenters. The van der Waals surface area contributed by atoms with Crippen LogP contribution in [0.5, 0.6) is 0 Å². The number of aromatic amines is 1. The summed E-state index contributed by atoms with van der Waals surface area (Å²) in [7, 11) is 0. The molecule has 0 saturated carbocycles. The van der Waals surface area contributed by atoms with Crippen molar-refractivity contribution in [3.8, 4) is 0 Å². The SMILES string of the molecule is N[C@@H](Cc1c[nH]c2ccccc12)C(=O)NC1CNC(=O)C1. The van der Waals surface area contributed by atoms with Crippen molar-refractivity contribution in [1.82, 2.24) is 15.6 Å². The lowest BCUT2D eigenvalue weighted by atomic mass is 10.0. The van der Waals surface area contributed by atoms with E-state index in [-0.39, 0.29) is 17.9 Å². The highest BCUT2D eigenvalue weighted by Crippen LogP contribution is 2.18. The van der Waals surface area contributed by atoms with E-state index < -0.39 is 6.04 Å². The van der Waals surface area contributed by atoms with Crippen molar-refractivity contribution in [2.24, 2.45) is 5.73 Å². The quantitative estimate of drug-likeness (QED) is 0.638. The summed E-state index contributed by atoms with van der Waals surface area (Å²) in [6.07, 6.45) is 2.67. The molecule has 1 aromatic heterocycles. The van der Waals surface area contributed by atoms with E-state index in [0.717, 1.165) is 16.5 Å². The largest absolute Gasteiger partial charge is 0.361 e. The third kappa shape index (κ3) is 2.90. The molecule has 1 fully saturated rings. The summed E-state index contributed by atoms with van der Waals surface area (Å²) >= 11 is 0. The van der Waals surface area contributed by atoms with Gasteiger partial charge in [-0.2, -0.15) is 0 Å². The number of nitrogens with one attached hydrogen (secondary N) is 3.